The molecule has 4 nitrogen and oxygen atoms in total. The topological polar surface area (TPSA) is 39.1 Å². The molecule has 2 aromatic rings. The average Bonchev–Trinajstić information content (AvgIpc) is 2.98. The van der Waals surface area contributed by atoms with Crippen molar-refractivity contribution in [2.45, 2.75) is 38.4 Å². The molecule has 3 aliphatic rings. The van der Waals surface area contributed by atoms with Crippen LogP contribution >= 0.6 is 0 Å². The molecule has 1 saturated heterocycles. The van der Waals surface area contributed by atoms with Gasteiger partial charge in [0, 0.05) is 41.8 Å². The Labute approximate surface area is 142 Å². The third-order valence-electron chi connectivity index (χ3n) is 6.33. The third-order valence-corrected chi connectivity index (χ3v) is 6.33. The zero-order chi connectivity index (χ0) is 16.6. The number of hydrogen-bond acceptors (Lipinski definition) is 2. The van der Waals surface area contributed by atoms with Crippen LogP contribution in [0.5, 0.6) is 0 Å². The fourth-order valence-electron chi connectivity index (χ4n) is 4.70. The summed E-state index contributed by atoms with van der Waals surface area (Å²) in [7, 11) is 2.16. The van der Waals surface area contributed by atoms with Gasteiger partial charge < -0.3 is 9.88 Å². The van der Waals surface area contributed by atoms with Crippen molar-refractivity contribution in [1.82, 2.24) is 14.8 Å². The first-order valence-corrected chi connectivity index (χ1v) is 8.89. The SMILES string of the molecule is C[C@H]1[C@H](C)N1C(=O)[C@@H]1C=C2c3cccc4[nH]cc(c34)C[C@H]2N(C)C1. The third kappa shape index (κ3) is 1.80. The van der Waals surface area contributed by atoms with Gasteiger partial charge in [-0.3, -0.25) is 9.69 Å². The summed E-state index contributed by atoms with van der Waals surface area (Å²) in [6, 6.07) is 7.63. The van der Waals surface area contributed by atoms with E-state index < -0.39 is 0 Å². The predicted octanol–water partition coefficient (Wildman–Crippen LogP) is 2.66. The molecule has 1 amide bonds. The van der Waals surface area contributed by atoms with Gasteiger partial charge in [-0.1, -0.05) is 18.2 Å². The summed E-state index contributed by atoms with van der Waals surface area (Å²) in [5.74, 6) is 0.268. The van der Waals surface area contributed by atoms with Crippen molar-refractivity contribution in [2.24, 2.45) is 5.92 Å². The fraction of sp³-hybridized carbons (Fsp3) is 0.450. The molecule has 4 heteroatoms. The van der Waals surface area contributed by atoms with Gasteiger partial charge in [-0.15, -0.1) is 0 Å². The summed E-state index contributed by atoms with van der Waals surface area (Å²) in [5.41, 5.74) is 5.23. The quantitative estimate of drug-likeness (QED) is 0.820. The van der Waals surface area contributed by atoms with Gasteiger partial charge in [-0.25, -0.2) is 0 Å². The first-order chi connectivity index (χ1) is 11.6. The second-order valence-corrected chi connectivity index (χ2v) is 7.66. The van der Waals surface area contributed by atoms with Crippen LogP contribution in [0.15, 0.2) is 30.5 Å². The Bertz CT molecular complexity index is 872. The number of aromatic nitrogens is 1. The predicted molar refractivity (Wildman–Crippen MR) is 95.7 cm³/mol. The molecular formula is C20H23N3O. The van der Waals surface area contributed by atoms with Crippen LogP contribution in [0.2, 0.25) is 0 Å². The first-order valence-electron chi connectivity index (χ1n) is 8.89. The van der Waals surface area contributed by atoms with E-state index in [0.29, 0.717) is 24.0 Å². The number of rotatable bonds is 1. The molecule has 1 aromatic carbocycles. The van der Waals surface area contributed by atoms with E-state index >= 15 is 0 Å². The van der Waals surface area contributed by atoms with Crippen molar-refractivity contribution < 1.29 is 4.79 Å². The van der Waals surface area contributed by atoms with Gasteiger partial charge in [-0.05, 0) is 50.1 Å². The maximum absolute atomic E-state index is 12.9. The van der Waals surface area contributed by atoms with E-state index in [1.165, 1.54) is 27.6 Å². The number of nitrogens with zero attached hydrogens (tertiary/aromatic N) is 2. The number of H-pyrrole nitrogens is 1. The van der Waals surface area contributed by atoms with E-state index in [9.17, 15) is 4.79 Å². The van der Waals surface area contributed by atoms with E-state index in [4.69, 9.17) is 0 Å². The second-order valence-electron chi connectivity index (χ2n) is 7.66. The van der Waals surface area contributed by atoms with Crippen molar-refractivity contribution in [3.05, 3.63) is 41.6 Å². The zero-order valence-corrected chi connectivity index (χ0v) is 14.4. The Morgan fingerprint density at radius 3 is 2.79 bits per heavy atom. The lowest BCUT2D eigenvalue weighted by Gasteiger charge is -2.39. The number of carbonyl (C=O) groups excluding carboxylic acids is 1. The van der Waals surface area contributed by atoms with Crippen LogP contribution < -0.4 is 0 Å². The van der Waals surface area contributed by atoms with Gasteiger partial charge >= 0.3 is 0 Å². The van der Waals surface area contributed by atoms with E-state index in [2.05, 4.69) is 61.3 Å². The molecule has 124 valence electrons. The first kappa shape index (κ1) is 14.3. The molecule has 2 aliphatic heterocycles. The molecule has 0 unspecified atom stereocenters. The maximum atomic E-state index is 12.9. The molecule has 0 radical (unpaired) electrons. The minimum Gasteiger partial charge on any atom is -0.361 e. The number of carbonyl (C=O) groups is 1. The largest absolute Gasteiger partial charge is 0.361 e. The van der Waals surface area contributed by atoms with Crippen molar-refractivity contribution in [3.8, 4) is 0 Å². The molecule has 3 heterocycles. The molecule has 0 spiro atoms. The molecule has 1 fully saturated rings. The van der Waals surface area contributed by atoms with Gasteiger partial charge in [0.1, 0.15) is 0 Å². The van der Waals surface area contributed by atoms with Crippen LogP contribution in [0.4, 0.5) is 0 Å². The highest BCUT2D eigenvalue weighted by Gasteiger charge is 2.47. The minimum absolute atomic E-state index is 0.0237. The maximum Gasteiger partial charge on any atom is 0.231 e. The molecule has 5 rings (SSSR count). The van der Waals surface area contributed by atoms with Crippen LogP contribution in [0.1, 0.15) is 25.0 Å². The highest BCUT2D eigenvalue weighted by Crippen LogP contribution is 2.41. The molecule has 1 aromatic heterocycles. The van der Waals surface area contributed by atoms with Crippen LogP contribution in [-0.2, 0) is 11.2 Å². The average molecular weight is 321 g/mol. The second kappa shape index (κ2) is 4.73. The fourth-order valence-corrected chi connectivity index (χ4v) is 4.70. The Morgan fingerprint density at radius 1 is 1.25 bits per heavy atom. The molecule has 0 saturated carbocycles. The van der Waals surface area contributed by atoms with Crippen molar-refractivity contribution in [3.63, 3.8) is 0 Å². The molecule has 0 bridgehead atoms. The van der Waals surface area contributed by atoms with E-state index in [1.807, 2.05) is 4.90 Å². The Balaban J connectivity index is 1.60. The lowest BCUT2D eigenvalue weighted by molar-refractivity contribution is -0.129. The number of benzene rings is 1. The van der Waals surface area contributed by atoms with Crippen molar-refractivity contribution in [2.75, 3.05) is 13.6 Å². The monoisotopic (exact) mass is 321 g/mol. The number of amides is 1. The molecule has 1 aliphatic carbocycles. The summed E-state index contributed by atoms with van der Waals surface area (Å²) in [6.07, 6.45) is 5.43. The van der Waals surface area contributed by atoms with Gasteiger partial charge in [0.2, 0.25) is 5.91 Å². The van der Waals surface area contributed by atoms with Crippen LogP contribution in [0.3, 0.4) is 0 Å². The summed E-state index contributed by atoms with van der Waals surface area (Å²) in [5, 5.41) is 1.34. The molecule has 4 atom stereocenters. The highest BCUT2D eigenvalue weighted by molar-refractivity contribution is 5.99. The Kier molecular flexibility index (Phi) is 2.82. The van der Waals surface area contributed by atoms with Gasteiger partial charge in [-0.2, -0.15) is 0 Å². The molecule has 1 N–H and O–H groups in total. The van der Waals surface area contributed by atoms with E-state index in [1.54, 1.807) is 0 Å². The smallest absolute Gasteiger partial charge is 0.231 e. The van der Waals surface area contributed by atoms with Crippen LogP contribution in [0, 0.1) is 5.92 Å². The molecular weight excluding hydrogens is 298 g/mol. The van der Waals surface area contributed by atoms with Crippen molar-refractivity contribution in [1.29, 1.82) is 0 Å². The lowest BCUT2D eigenvalue weighted by atomic mass is 9.80. The number of hydrogen-bond donors (Lipinski definition) is 1. The number of nitrogens with one attached hydrogen (secondary N) is 1. The van der Waals surface area contributed by atoms with Gasteiger partial charge in [0.05, 0.1) is 5.92 Å². The number of likely N-dealkylation sites (N-methyl/N-ethyl adjacent to an activating group) is 1. The van der Waals surface area contributed by atoms with Crippen LogP contribution in [-0.4, -0.2) is 52.4 Å². The standard InChI is InChI=1S/C20H23N3O/c1-11-12(2)23(11)20(24)14-7-16-15-5-4-6-17-19(15)13(9-21-17)8-18(16)22(3)10-14/h4-7,9,11-12,14,18,21H,8,10H2,1-3H3/t11-,12-,14+,18+/m0/s1. The lowest BCUT2D eigenvalue weighted by Crippen LogP contribution is -2.45. The van der Waals surface area contributed by atoms with E-state index in [-0.39, 0.29) is 5.92 Å². The van der Waals surface area contributed by atoms with Gasteiger partial charge in [0.25, 0.3) is 0 Å². The minimum atomic E-state index is -0.0237. The van der Waals surface area contributed by atoms with Crippen LogP contribution in [0.25, 0.3) is 16.5 Å². The highest BCUT2D eigenvalue weighted by atomic mass is 16.2. The summed E-state index contributed by atoms with van der Waals surface area (Å²) < 4.78 is 0. The Hall–Kier alpha value is -2.07. The normalized spacial score (nSPS) is 31.8. The van der Waals surface area contributed by atoms with E-state index in [0.717, 1.165) is 13.0 Å². The summed E-state index contributed by atoms with van der Waals surface area (Å²) in [6.45, 7) is 5.09. The molecule has 24 heavy (non-hydrogen) atoms. The van der Waals surface area contributed by atoms with Gasteiger partial charge in [0.15, 0.2) is 0 Å². The zero-order valence-electron chi connectivity index (χ0n) is 14.4. The number of fused-ring (bicyclic) bond motifs is 2. The Morgan fingerprint density at radius 2 is 2.04 bits per heavy atom. The summed E-state index contributed by atoms with van der Waals surface area (Å²) >= 11 is 0. The summed E-state index contributed by atoms with van der Waals surface area (Å²) in [4.78, 5) is 20.7. The van der Waals surface area contributed by atoms with Crippen molar-refractivity contribution >= 4 is 22.4 Å². The number of aromatic amines is 1.